The summed E-state index contributed by atoms with van der Waals surface area (Å²) in [6.07, 6.45) is 1.15. The van der Waals surface area contributed by atoms with Gasteiger partial charge in [0, 0.05) is 13.7 Å². The van der Waals surface area contributed by atoms with Crippen molar-refractivity contribution in [1.82, 2.24) is 10.6 Å². The molecule has 0 bridgehead atoms. The Hall–Kier alpha value is -2.37. The fourth-order valence-corrected chi connectivity index (χ4v) is 3.23. The molecule has 0 heterocycles. The lowest BCUT2D eigenvalue weighted by Gasteiger charge is -2.17. The Morgan fingerprint density at radius 2 is 2.04 bits per heavy atom. The summed E-state index contributed by atoms with van der Waals surface area (Å²) in [5.74, 6) is 0. The standard InChI is InChI=1S/C20H24N2O3/c1-25-13-17(23)12-21-20(24)22-19-10-9-15-7-8-16(11-18(15)19)14-5-3-2-4-6-14/h2-8,11,17,19,23H,9-10,12-13H2,1H3,(H2,21,22,24)/t17-,19+/m1/s1. The number of rotatable bonds is 6. The number of carbonyl (C=O) groups is 1. The summed E-state index contributed by atoms with van der Waals surface area (Å²) in [6.45, 7) is 0.371. The van der Waals surface area contributed by atoms with Crippen molar-refractivity contribution in [2.45, 2.75) is 25.0 Å². The topological polar surface area (TPSA) is 70.6 Å². The fraction of sp³-hybridized carbons (Fsp3) is 0.350. The zero-order valence-corrected chi connectivity index (χ0v) is 14.4. The van der Waals surface area contributed by atoms with Gasteiger partial charge in [0.25, 0.3) is 0 Å². The minimum absolute atomic E-state index is 0.00164. The molecule has 2 aromatic rings. The van der Waals surface area contributed by atoms with Crippen molar-refractivity contribution < 1.29 is 14.6 Å². The van der Waals surface area contributed by atoms with E-state index in [1.807, 2.05) is 18.2 Å². The zero-order chi connectivity index (χ0) is 17.6. The highest BCUT2D eigenvalue weighted by Gasteiger charge is 2.24. The highest BCUT2D eigenvalue weighted by molar-refractivity contribution is 5.75. The van der Waals surface area contributed by atoms with Gasteiger partial charge in [-0.05, 0) is 41.2 Å². The molecule has 0 spiro atoms. The molecule has 132 valence electrons. The molecule has 3 N–H and O–H groups in total. The van der Waals surface area contributed by atoms with Crippen LogP contribution in [0.5, 0.6) is 0 Å². The molecule has 5 heteroatoms. The molecular formula is C20H24N2O3. The van der Waals surface area contributed by atoms with E-state index < -0.39 is 6.10 Å². The second-order valence-electron chi connectivity index (χ2n) is 6.33. The Labute approximate surface area is 148 Å². The summed E-state index contributed by atoms with van der Waals surface area (Å²) in [4.78, 5) is 12.1. The molecule has 1 aliphatic carbocycles. The molecule has 0 unspecified atom stereocenters. The van der Waals surface area contributed by atoms with Crippen LogP contribution in [-0.4, -0.2) is 37.5 Å². The van der Waals surface area contributed by atoms with E-state index in [-0.39, 0.29) is 25.2 Å². The molecule has 0 saturated carbocycles. The summed E-state index contributed by atoms with van der Waals surface area (Å²) in [5.41, 5.74) is 4.78. The van der Waals surface area contributed by atoms with Crippen LogP contribution in [-0.2, 0) is 11.2 Å². The van der Waals surface area contributed by atoms with E-state index in [0.717, 1.165) is 18.4 Å². The van der Waals surface area contributed by atoms with Crippen LogP contribution in [0.1, 0.15) is 23.6 Å². The number of amides is 2. The molecule has 3 rings (SSSR count). The number of hydrogen-bond acceptors (Lipinski definition) is 3. The van der Waals surface area contributed by atoms with E-state index in [9.17, 15) is 9.90 Å². The maximum absolute atomic E-state index is 12.1. The number of fused-ring (bicyclic) bond motifs is 1. The van der Waals surface area contributed by atoms with Gasteiger partial charge in [-0.25, -0.2) is 4.79 Å². The SMILES string of the molecule is COC[C@H](O)CNC(=O)N[C@H]1CCc2ccc(-c3ccccc3)cc21. The number of benzene rings is 2. The van der Waals surface area contributed by atoms with Crippen LogP contribution in [0.15, 0.2) is 48.5 Å². The van der Waals surface area contributed by atoms with E-state index in [4.69, 9.17) is 4.74 Å². The van der Waals surface area contributed by atoms with E-state index in [2.05, 4.69) is 41.0 Å². The molecule has 2 amide bonds. The minimum Gasteiger partial charge on any atom is -0.389 e. The first-order chi connectivity index (χ1) is 12.2. The lowest BCUT2D eigenvalue weighted by Crippen LogP contribution is -2.41. The van der Waals surface area contributed by atoms with E-state index in [0.29, 0.717) is 0 Å². The average molecular weight is 340 g/mol. The average Bonchev–Trinajstić information content (AvgIpc) is 3.03. The third-order valence-corrected chi connectivity index (χ3v) is 4.49. The number of methoxy groups -OCH3 is 1. The highest BCUT2D eigenvalue weighted by Crippen LogP contribution is 2.34. The second-order valence-corrected chi connectivity index (χ2v) is 6.33. The first kappa shape index (κ1) is 17.5. The van der Waals surface area contributed by atoms with Gasteiger partial charge in [-0.2, -0.15) is 0 Å². The third-order valence-electron chi connectivity index (χ3n) is 4.49. The van der Waals surface area contributed by atoms with Gasteiger partial charge in [-0.3, -0.25) is 0 Å². The minimum atomic E-state index is -0.698. The van der Waals surface area contributed by atoms with Gasteiger partial charge in [0.05, 0.1) is 18.8 Å². The summed E-state index contributed by atoms with van der Waals surface area (Å²) < 4.78 is 4.85. The van der Waals surface area contributed by atoms with Crippen LogP contribution >= 0.6 is 0 Å². The molecule has 1 aliphatic rings. The first-order valence-electron chi connectivity index (χ1n) is 8.57. The van der Waals surface area contributed by atoms with Gasteiger partial charge < -0.3 is 20.5 Å². The molecule has 2 aromatic carbocycles. The van der Waals surface area contributed by atoms with E-state index >= 15 is 0 Å². The van der Waals surface area contributed by atoms with Crippen molar-refractivity contribution in [2.75, 3.05) is 20.3 Å². The number of nitrogens with one attached hydrogen (secondary N) is 2. The predicted molar refractivity (Wildman–Crippen MR) is 97.4 cm³/mol. The molecule has 0 aliphatic heterocycles. The number of hydrogen-bond donors (Lipinski definition) is 3. The number of aliphatic hydroxyl groups excluding tert-OH is 1. The molecule has 0 radical (unpaired) electrons. The van der Waals surface area contributed by atoms with E-state index in [1.165, 1.54) is 23.8 Å². The summed E-state index contributed by atoms with van der Waals surface area (Å²) in [6, 6.07) is 16.4. The molecule has 0 saturated heterocycles. The van der Waals surface area contributed by atoms with Gasteiger partial charge in [-0.1, -0.05) is 42.5 Å². The van der Waals surface area contributed by atoms with Gasteiger partial charge in [0.2, 0.25) is 0 Å². The Kier molecular flexibility index (Phi) is 5.68. The maximum atomic E-state index is 12.1. The Balaban J connectivity index is 1.66. The van der Waals surface area contributed by atoms with Crippen LogP contribution in [0.4, 0.5) is 4.79 Å². The van der Waals surface area contributed by atoms with Crippen molar-refractivity contribution in [2.24, 2.45) is 0 Å². The maximum Gasteiger partial charge on any atom is 0.315 e. The summed E-state index contributed by atoms with van der Waals surface area (Å²) >= 11 is 0. The van der Waals surface area contributed by atoms with E-state index in [1.54, 1.807) is 0 Å². The van der Waals surface area contributed by atoms with Crippen LogP contribution in [0.3, 0.4) is 0 Å². The molecule has 0 fully saturated rings. The largest absolute Gasteiger partial charge is 0.389 e. The summed E-state index contributed by atoms with van der Waals surface area (Å²) in [7, 11) is 1.52. The Morgan fingerprint density at radius 3 is 2.80 bits per heavy atom. The predicted octanol–water partition coefficient (Wildman–Crippen LogP) is 2.65. The van der Waals surface area contributed by atoms with Gasteiger partial charge in [-0.15, -0.1) is 0 Å². The van der Waals surface area contributed by atoms with Crippen molar-refractivity contribution in [3.8, 4) is 11.1 Å². The van der Waals surface area contributed by atoms with Crippen molar-refractivity contribution in [3.05, 3.63) is 59.7 Å². The quantitative estimate of drug-likeness (QED) is 0.757. The van der Waals surface area contributed by atoms with Gasteiger partial charge in [0.15, 0.2) is 0 Å². The second kappa shape index (κ2) is 8.14. The van der Waals surface area contributed by atoms with Crippen LogP contribution < -0.4 is 10.6 Å². The molecular weight excluding hydrogens is 316 g/mol. The van der Waals surface area contributed by atoms with Gasteiger partial charge in [0.1, 0.15) is 0 Å². The smallest absolute Gasteiger partial charge is 0.315 e. The molecule has 5 nitrogen and oxygen atoms in total. The highest BCUT2D eigenvalue weighted by atomic mass is 16.5. The first-order valence-corrected chi connectivity index (χ1v) is 8.57. The lowest BCUT2D eigenvalue weighted by atomic mass is 9.99. The van der Waals surface area contributed by atoms with Crippen LogP contribution in [0.25, 0.3) is 11.1 Å². The number of aryl methyl sites for hydroxylation is 1. The number of aliphatic hydroxyl groups is 1. The fourth-order valence-electron chi connectivity index (χ4n) is 3.23. The van der Waals surface area contributed by atoms with Crippen molar-refractivity contribution in [3.63, 3.8) is 0 Å². The Morgan fingerprint density at radius 1 is 1.24 bits per heavy atom. The third kappa shape index (κ3) is 4.38. The van der Waals surface area contributed by atoms with Crippen molar-refractivity contribution >= 4 is 6.03 Å². The van der Waals surface area contributed by atoms with Crippen LogP contribution in [0.2, 0.25) is 0 Å². The van der Waals surface area contributed by atoms with Gasteiger partial charge >= 0.3 is 6.03 Å². The van der Waals surface area contributed by atoms with Crippen molar-refractivity contribution in [1.29, 1.82) is 0 Å². The lowest BCUT2D eigenvalue weighted by molar-refractivity contribution is 0.0659. The van der Waals surface area contributed by atoms with Crippen LogP contribution in [0, 0.1) is 0 Å². The number of urea groups is 1. The Bertz CT molecular complexity index is 718. The number of ether oxygens (including phenoxy) is 1. The number of carbonyl (C=O) groups excluding carboxylic acids is 1. The monoisotopic (exact) mass is 340 g/mol. The molecule has 2 atom stereocenters. The molecule has 25 heavy (non-hydrogen) atoms. The normalized spacial score (nSPS) is 17.0. The molecule has 0 aromatic heterocycles. The zero-order valence-electron chi connectivity index (χ0n) is 14.4. The summed E-state index contributed by atoms with van der Waals surface area (Å²) in [5, 5.41) is 15.3.